The van der Waals surface area contributed by atoms with E-state index in [1.165, 1.54) is 0 Å². The number of hydrogen-bond donors (Lipinski definition) is 2. The van der Waals surface area contributed by atoms with Crippen LogP contribution in [0.1, 0.15) is 0 Å². The number of aliphatic hydroxyl groups excluding tert-OH is 1. The van der Waals surface area contributed by atoms with Gasteiger partial charge in [-0.15, -0.1) is 0 Å². The lowest BCUT2D eigenvalue weighted by Crippen LogP contribution is -1.98. The molecule has 4 heteroatoms. The van der Waals surface area contributed by atoms with E-state index in [2.05, 4.69) is 0 Å². The molecule has 0 atom stereocenters. The Morgan fingerprint density at radius 3 is 1.83 bits per heavy atom. The van der Waals surface area contributed by atoms with Crippen LogP contribution in [-0.2, 0) is 4.79 Å². The highest BCUT2D eigenvalue weighted by Gasteiger charge is 1.82. The summed E-state index contributed by atoms with van der Waals surface area (Å²) in [6.45, 7) is -0.778. The Bertz CT molecular complexity index is 44.1. The predicted molar refractivity (Wildman–Crippen MR) is 25.1 cm³/mol. The molecule has 0 bridgehead atoms. The van der Waals surface area contributed by atoms with Crippen LogP contribution in [0.3, 0.4) is 0 Å². The molecular weight excluding hydrogens is 104 g/mol. The van der Waals surface area contributed by atoms with E-state index in [1.807, 2.05) is 0 Å². The van der Waals surface area contributed by atoms with Gasteiger partial charge in [0.15, 0.2) is 0 Å². The van der Waals surface area contributed by atoms with Crippen molar-refractivity contribution >= 4 is 19.5 Å². The summed E-state index contributed by atoms with van der Waals surface area (Å²) in [7, 11) is 0. The van der Waals surface area contributed by atoms with Gasteiger partial charge in [-0.1, -0.05) is 0 Å². The summed E-state index contributed by atoms with van der Waals surface area (Å²) in [5.41, 5.74) is 0. The largest absolute Gasteiger partial charge is 0.480 e. The highest BCUT2D eigenvalue weighted by molar-refractivity contribution is 7.59. The maximum Gasteiger partial charge on any atom is 0.329 e. The summed E-state index contributed by atoms with van der Waals surface area (Å²) in [6, 6.07) is 0. The fourth-order valence-corrected chi connectivity index (χ4v) is 0. The standard InChI is InChI=1S/C2H4O3.H2S/c3-1-2(4)5;/h3H,1H2,(H,4,5);1H2. The van der Waals surface area contributed by atoms with Crippen LogP contribution in [0.4, 0.5) is 0 Å². The molecule has 0 spiro atoms. The first-order chi connectivity index (χ1) is 2.27. The van der Waals surface area contributed by atoms with Crippen molar-refractivity contribution in [3.63, 3.8) is 0 Å². The summed E-state index contributed by atoms with van der Waals surface area (Å²) < 4.78 is 0. The molecule has 38 valence electrons. The molecule has 0 amide bonds. The third-order valence-corrected chi connectivity index (χ3v) is 0.135. The van der Waals surface area contributed by atoms with Crippen LogP contribution in [0.2, 0.25) is 0 Å². The normalized spacial score (nSPS) is 6.17. The summed E-state index contributed by atoms with van der Waals surface area (Å²) in [6.07, 6.45) is 0. The minimum absolute atomic E-state index is 0. The molecule has 0 rings (SSSR count). The topological polar surface area (TPSA) is 57.5 Å². The van der Waals surface area contributed by atoms with Crippen LogP contribution >= 0.6 is 13.5 Å². The fourth-order valence-electron chi connectivity index (χ4n) is 0. The first kappa shape index (κ1) is 9.24. The number of hydrogen-bond acceptors (Lipinski definition) is 2. The minimum atomic E-state index is -1.19. The molecule has 0 aliphatic carbocycles. The van der Waals surface area contributed by atoms with Crippen molar-refractivity contribution in [2.75, 3.05) is 6.61 Å². The van der Waals surface area contributed by atoms with E-state index >= 15 is 0 Å². The number of carboxylic acids is 1. The molecule has 2 N–H and O–H groups in total. The molecule has 0 radical (unpaired) electrons. The van der Waals surface area contributed by atoms with Crippen LogP contribution in [0.25, 0.3) is 0 Å². The first-order valence-corrected chi connectivity index (χ1v) is 1.10. The van der Waals surface area contributed by atoms with Crippen LogP contribution in [0.5, 0.6) is 0 Å². The fraction of sp³-hybridized carbons (Fsp3) is 0.500. The van der Waals surface area contributed by atoms with Crippen LogP contribution in [-0.4, -0.2) is 22.8 Å². The molecule has 0 aliphatic heterocycles. The van der Waals surface area contributed by atoms with Gasteiger partial charge in [0.05, 0.1) is 0 Å². The van der Waals surface area contributed by atoms with Gasteiger partial charge in [0.25, 0.3) is 0 Å². The molecule has 0 heterocycles. The number of carboxylic acid groups (broad SMARTS) is 1. The second kappa shape index (κ2) is 4.78. The zero-order valence-corrected chi connectivity index (χ0v) is 4.01. The Kier molecular flexibility index (Phi) is 7.36. The van der Waals surface area contributed by atoms with Gasteiger partial charge in [0.2, 0.25) is 0 Å². The van der Waals surface area contributed by atoms with Gasteiger partial charge in [-0.2, -0.15) is 13.5 Å². The zero-order valence-electron chi connectivity index (χ0n) is 3.01. The quantitative estimate of drug-likeness (QED) is 0.463. The Balaban J connectivity index is 0. The highest BCUT2D eigenvalue weighted by Crippen LogP contribution is 1.48. The monoisotopic (exact) mass is 110 g/mol. The molecule has 0 unspecified atom stereocenters. The van der Waals surface area contributed by atoms with E-state index in [0.29, 0.717) is 0 Å². The zero-order chi connectivity index (χ0) is 4.28. The van der Waals surface area contributed by atoms with E-state index in [0.717, 1.165) is 0 Å². The minimum Gasteiger partial charge on any atom is -0.480 e. The summed E-state index contributed by atoms with van der Waals surface area (Å²) in [4.78, 5) is 9.12. The van der Waals surface area contributed by atoms with Crippen LogP contribution in [0, 0.1) is 0 Å². The second-order valence-corrected chi connectivity index (χ2v) is 0.552. The van der Waals surface area contributed by atoms with E-state index in [4.69, 9.17) is 15.0 Å². The van der Waals surface area contributed by atoms with E-state index in [-0.39, 0.29) is 13.5 Å². The van der Waals surface area contributed by atoms with Gasteiger partial charge in [-0.05, 0) is 0 Å². The van der Waals surface area contributed by atoms with E-state index in [1.54, 1.807) is 0 Å². The third-order valence-electron chi connectivity index (χ3n) is 0.135. The van der Waals surface area contributed by atoms with Gasteiger partial charge in [-0.25, -0.2) is 4.79 Å². The highest BCUT2D eigenvalue weighted by atomic mass is 32.1. The van der Waals surface area contributed by atoms with Gasteiger partial charge in [-0.3, -0.25) is 0 Å². The predicted octanol–water partition coefficient (Wildman–Crippen LogP) is -0.824. The van der Waals surface area contributed by atoms with Gasteiger partial charge in [0.1, 0.15) is 6.61 Å². The van der Waals surface area contributed by atoms with Gasteiger partial charge < -0.3 is 10.2 Å². The Morgan fingerprint density at radius 2 is 1.83 bits per heavy atom. The van der Waals surface area contributed by atoms with Crippen molar-refractivity contribution in [2.24, 2.45) is 0 Å². The Morgan fingerprint density at radius 1 is 1.67 bits per heavy atom. The van der Waals surface area contributed by atoms with Crippen molar-refractivity contribution in [3.05, 3.63) is 0 Å². The number of rotatable bonds is 1. The van der Waals surface area contributed by atoms with Gasteiger partial charge in [0, 0.05) is 0 Å². The lowest BCUT2D eigenvalue weighted by Gasteiger charge is -1.72. The van der Waals surface area contributed by atoms with E-state index in [9.17, 15) is 0 Å². The molecule has 0 fully saturated rings. The average Bonchev–Trinajstić information content (AvgIpc) is 1.38. The molecule has 3 nitrogen and oxygen atoms in total. The molecule has 0 aromatic rings. The van der Waals surface area contributed by atoms with Crippen molar-refractivity contribution in [2.45, 2.75) is 0 Å². The van der Waals surface area contributed by atoms with Crippen molar-refractivity contribution in [1.29, 1.82) is 0 Å². The molecule has 0 aliphatic rings. The smallest absolute Gasteiger partial charge is 0.329 e. The Hall–Kier alpha value is -0.220. The van der Waals surface area contributed by atoms with Crippen LogP contribution < -0.4 is 0 Å². The summed E-state index contributed by atoms with van der Waals surface area (Å²) in [5, 5.41) is 15.0. The Labute approximate surface area is 42.0 Å². The van der Waals surface area contributed by atoms with E-state index < -0.39 is 12.6 Å². The van der Waals surface area contributed by atoms with Crippen molar-refractivity contribution < 1.29 is 15.0 Å². The van der Waals surface area contributed by atoms with Gasteiger partial charge >= 0.3 is 5.97 Å². The molecule has 6 heavy (non-hydrogen) atoms. The lowest BCUT2D eigenvalue weighted by atomic mass is 10.8. The van der Waals surface area contributed by atoms with Crippen molar-refractivity contribution in [1.82, 2.24) is 0 Å². The molecule has 0 saturated carbocycles. The van der Waals surface area contributed by atoms with Crippen molar-refractivity contribution in [3.8, 4) is 0 Å². The lowest BCUT2D eigenvalue weighted by molar-refractivity contribution is -0.140. The summed E-state index contributed by atoms with van der Waals surface area (Å²) >= 11 is 0. The van der Waals surface area contributed by atoms with Crippen LogP contribution in [0.15, 0.2) is 0 Å². The molecule has 0 aromatic carbocycles. The SMILES string of the molecule is O=C(O)CO.S. The summed E-state index contributed by atoms with van der Waals surface area (Å²) in [5.74, 6) is -1.19. The number of aliphatic carboxylic acids is 1. The molecule has 0 saturated heterocycles. The maximum atomic E-state index is 9.12. The number of carbonyl (C=O) groups is 1. The molecule has 0 aromatic heterocycles. The number of aliphatic hydroxyl groups is 1. The average molecular weight is 110 g/mol. The molecular formula is C2H6O3S. The second-order valence-electron chi connectivity index (χ2n) is 0.552. The first-order valence-electron chi connectivity index (χ1n) is 1.10. The third kappa shape index (κ3) is 9.22. The maximum absolute atomic E-state index is 9.12.